The van der Waals surface area contributed by atoms with Crippen LogP contribution in [0.3, 0.4) is 0 Å². The van der Waals surface area contributed by atoms with Crippen molar-refractivity contribution >= 4 is 82.5 Å². The monoisotopic (exact) mass is 1180 g/mol. The van der Waals surface area contributed by atoms with Crippen molar-refractivity contribution < 1.29 is 53.3 Å². The fourth-order valence-corrected chi connectivity index (χ4v) is 11.3. The predicted octanol–water partition coefficient (Wildman–Crippen LogP) is 13.7. The standard InChI is InChI=1S/C26H22N2O2.C25H20N2O2.C24H18N2O2.CH4.Li.H2O/c1-26(2,25(29)30-3)13-17-8-9-19-15-28-16-24(23(19)12-17)22-11-10-18(14-27)20-6-4-5-7-21(20)22;1-25(2,24(28)29)12-16-7-8-18-14-27-15-23(22(18)11-16)21-10-9-17(13-26)19-5-3-4-6-20(19)21;1-28-24(27)11-7-16-6-8-18-14-26-15-23(22(18)12-16)21-10-9-17(13-25)19-4-2-3-5-20(19)21;;;/h4-12,15-16H,13H2,1-3H3;3-11,14-15H,12H2,1-2H3,(H,28,29);2-6,8-10,12,14-15H,7,11H2,1H3;1H4;;1H2/q;;;;+1;/p-1. The summed E-state index contributed by atoms with van der Waals surface area (Å²) >= 11 is 0. The summed E-state index contributed by atoms with van der Waals surface area (Å²) in [7, 11) is 2.83. The maximum absolute atomic E-state index is 12.1. The SMILES string of the molecule is C.CC(C)(Cc1ccc2cncc(-c3ccc(C#N)c4ccccc34)c2c1)C(=O)O.COC(=O)C(C)(C)Cc1ccc2cncc(-c3ccc(C#N)c4ccccc34)c2c1.COC(=O)CCc1ccc2cncc(-c3ccc(C#N)c4ccccc34)c2c1.[Li+].[OH-]. The second kappa shape index (κ2) is 29.0. The number of carboxylic acids is 1. The Bertz CT molecular complexity index is 4830. The summed E-state index contributed by atoms with van der Waals surface area (Å²) in [6.45, 7) is 7.26. The summed E-state index contributed by atoms with van der Waals surface area (Å²) in [5, 5.41) is 49.9. The molecule has 12 aromatic rings. The van der Waals surface area contributed by atoms with Crippen LogP contribution in [0.5, 0.6) is 0 Å². The molecule has 0 unspecified atom stereocenters. The number of ether oxygens (including phenoxy) is 2. The van der Waals surface area contributed by atoms with Crippen molar-refractivity contribution in [1.82, 2.24) is 15.0 Å². The number of carbonyl (C=O) groups is 3. The first-order valence-electron chi connectivity index (χ1n) is 28.3. The van der Waals surface area contributed by atoms with E-state index in [1.165, 1.54) is 14.2 Å². The first kappa shape index (κ1) is 66.9. The molecule has 0 aliphatic rings. The fourth-order valence-electron chi connectivity index (χ4n) is 11.3. The van der Waals surface area contributed by atoms with Crippen LogP contribution in [0.15, 0.2) is 201 Å². The van der Waals surface area contributed by atoms with Crippen LogP contribution in [0.1, 0.15) is 74.9 Å². The molecule has 2 N–H and O–H groups in total. The van der Waals surface area contributed by atoms with Gasteiger partial charge in [-0.1, -0.05) is 153 Å². The molecule has 0 saturated heterocycles. The van der Waals surface area contributed by atoms with Crippen LogP contribution >= 0.6 is 0 Å². The van der Waals surface area contributed by atoms with Gasteiger partial charge in [0.1, 0.15) is 0 Å². The van der Waals surface area contributed by atoms with Crippen LogP contribution < -0.4 is 18.9 Å². The van der Waals surface area contributed by atoms with E-state index in [1.54, 1.807) is 13.8 Å². The number of pyridine rings is 3. The molecule has 0 radical (unpaired) electrons. The van der Waals surface area contributed by atoms with Crippen LogP contribution in [0, 0.1) is 44.8 Å². The summed E-state index contributed by atoms with van der Waals surface area (Å²) in [5.41, 5.74) is 9.66. The van der Waals surface area contributed by atoms with Crippen molar-refractivity contribution in [3.05, 3.63) is 234 Å². The molecule has 3 aromatic heterocycles. The molecule has 442 valence electrons. The maximum Gasteiger partial charge on any atom is 1.00 e. The summed E-state index contributed by atoms with van der Waals surface area (Å²) in [4.78, 5) is 48.4. The second-order valence-corrected chi connectivity index (χ2v) is 22.7. The molecular weight excluding hydrogens is 1120 g/mol. The van der Waals surface area contributed by atoms with E-state index >= 15 is 0 Å². The number of carboxylic acid groups (broad SMARTS) is 1. The third-order valence-corrected chi connectivity index (χ3v) is 15.9. The largest absolute Gasteiger partial charge is 1.00 e. The normalized spacial score (nSPS) is 10.8. The Morgan fingerprint density at radius 3 is 1.10 bits per heavy atom. The Labute approximate surface area is 535 Å². The number of rotatable bonds is 12. The average molecular weight is 1180 g/mol. The summed E-state index contributed by atoms with van der Waals surface area (Å²) < 4.78 is 9.71. The second-order valence-electron chi connectivity index (χ2n) is 22.7. The van der Waals surface area contributed by atoms with Gasteiger partial charge in [-0.25, -0.2) is 0 Å². The molecule has 0 spiro atoms. The Balaban J connectivity index is 0.000000189. The number of nitriles is 3. The van der Waals surface area contributed by atoms with Gasteiger partial charge < -0.3 is 20.1 Å². The Kier molecular flexibility index (Phi) is 21.5. The van der Waals surface area contributed by atoms with E-state index in [9.17, 15) is 35.3 Å². The van der Waals surface area contributed by atoms with Gasteiger partial charge in [-0.2, -0.15) is 15.8 Å². The summed E-state index contributed by atoms with van der Waals surface area (Å²) in [6, 6.07) is 60.4. The van der Waals surface area contributed by atoms with Gasteiger partial charge in [0.15, 0.2) is 0 Å². The number of hydrogen-bond acceptors (Lipinski definition) is 12. The quantitative estimate of drug-likeness (QED) is 0.0887. The van der Waals surface area contributed by atoms with E-state index in [0.717, 1.165) is 115 Å². The van der Waals surface area contributed by atoms with Crippen molar-refractivity contribution in [2.45, 2.75) is 60.8 Å². The number of hydrogen-bond donors (Lipinski definition) is 1. The van der Waals surface area contributed by atoms with Gasteiger partial charge in [0.25, 0.3) is 0 Å². The van der Waals surface area contributed by atoms with Crippen LogP contribution in [0.25, 0.3) is 98.0 Å². The van der Waals surface area contributed by atoms with Crippen LogP contribution in [-0.2, 0) is 43.1 Å². The Morgan fingerprint density at radius 1 is 0.433 bits per heavy atom. The Morgan fingerprint density at radius 2 is 0.767 bits per heavy atom. The molecule has 3 heterocycles. The minimum atomic E-state index is -0.845. The van der Waals surface area contributed by atoms with Gasteiger partial charge in [0, 0.05) is 92.6 Å². The molecule has 13 nitrogen and oxygen atoms in total. The van der Waals surface area contributed by atoms with E-state index < -0.39 is 16.8 Å². The average Bonchev–Trinajstić information content (AvgIpc) is 0.873. The molecule has 0 saturated carbocycles. The molecule has 0 aliphatic carbocycles. The third kappa shape index (κ3) is 14.0. The number of nitrogens with zero attached hydrogens (tertiary/aromatic N) is 6. The zero-order valence-electron chi connectivity index (χ0n) is 50.5. The number of aromatic nitrogens is 3. The molecular formula is C76H65LiN6O7. The first-order valence-corrected chi connectivity index (χ1v) is 28.3. The number of methoxy groups -OCH3 is 2. The molecule has 12 rings (SSSR count). The smallest absolute Gasteiger partial charge is 0.870 e. The van der Waals surface area contributed by atoms with Crippen LogP contribution in [-0.4, -0.2) is 57.7 Å². The summed E-state index contributed by atoms with van der Waals surface area (Å²) in [6.07, 6.45) is 13.1. The van der Waals surface area contributed by atoms with Crippen molar-refractivity contribution in [2.75, 3.05) is 14.2 Å². The van der Waals surface area contributed by atoms with E-state index in [2.05, 4.69) is 51.4 Å². The number of fused-ring (bicyclic) bond motifs is 6. The molecule has 9 aromatic carbocycles. The van der Waals surface area contributed by atoms with Crippen molar-refractivity contribution in [3.63, 3.8) is 0 Å². The number of aliphatic carboxylic acids is 1. The van der Waals surface area contributed by atoms with Crippen molar-refractivity contribution in [1.29, 1.82) is 15.8 Å². The van der Waals surface area contributed by atoms with Gasteiger partial charge in [-0.15, -0.1) is 0 Å². The van der Waals surface area contributed by atoms with Gasteiger partial charge in [-0.05, 0) is 131 Å². The van der Waals surface area contributed by atoms with Gasteiger partial charge in [0.2, 0.25) is 0 Å². The van der Waals surface area contributed by atoms with Crippen molar-refractivity contribution in [3.8, 4) is 51.6 Å². The molecule has 90 heavy (non-hydrogen) atoms. The molecule has 0 bridgehead atoms. The molecule has 0 atom stereocenters. The number of benzene rings is 9. The van der Waals surface area contributed by atoms with E-state index in [-0.39, 0.29) is 43.7 Å². The minimum Gasteiger partial charge on any atom is -0.870 e. The molecule has 0 fully saturated rings. The van der Waals surface area contributed by atoms with Crippen LogP contribution in [0.4, 0.5) is 0 Å². The van der Waals surface area contributed by atoms with Crippen molar-refractivity contribution in [2.24, 2.45) is 10.8 Å². The molecule has 14 heteroatoms. The van der Waals surface area contributed by atoms with E-state index in [4.69, 9.17) is 9.47 Å². The maximum atomic E-state index is 12.1. The fraction of sp³-hybridized carbons (Fsp3) is 0.171. The number of carbonyl (C=O) groups excluding carboxylic acids is 2. The van der Waals surface area contributed by atoms with E-state index in [0.29, 0.717) is 42.4 Å². The summed E-state index contributed by atoms with van der Waals surface area (Å²) in [5.74, 6) is -1.26. The zero-order valence-corrected chi connectivity index (χ0v) is 50.5. The van der Waals surface area contributed by atoms with Gasteiger partial charge in [-0.3, -0.25) is 29.3 Å². The van der Waals surface area contributed by atoms with Crippen LogP contribution in [0.2, 0.25) is 0 Å². The first-order chi connectivity index (χ1) is 42.1. The zero-order chi connectivity index (χ0) is 61.4. The van der Waals surface area contributed by atoms with Gasteiger partial charge in [0.05, 0.1) is 59.9 Å². The minimum absolute atomic E-state index is 0. The topological polar surface area (TPSA) is 230 Å². The number of aryl methyl sites for hydroxylation is 1. The van der Waals surface area contributed by atoms with E-state index in [1.807, 2.05) is 197 Å². The molecule has 0 amide bonds. The number of esters is 2. The Hall–Kier alpha value is -10.6. The third-order valence-electron chi connectivity index (χ3n) is 15.9. The predicted molar refractivity (Wildman–Crippen MR) is 352 cm³/mol. The molecule has 0 aliphatic heterocycles. The van der Waals surface area contributed by atoms with Gasteiger partial charge >= 0.3 is 36.8 Å².